The molecule has 0 radical (unpaired) electrons. The van der Waals surface area contributed by atoms with E-state index in [1.807, 2.05) is 0 Å². The molecule has 0 spiro atoms. The number of amides is 1. The number of aryl methyl sites for hydroxylation is 1. The Morgan fingerprint density at radius 3 is 2.70 bits per heavy atom. The maximum Gasteiger partial charge on any atom is 0.337 e. The van der Waals surface area contributed by atoms with Crippen LogP contribution in [0.2, 0.25) is 0 Å². The number of aromatic carboxylic acids is 1. The third kappa shape index (κ3) is 2.80. The molecule has 1 aromatic carbocycles. The zero-order chi connectivity index (χ0) is 14.7. The van der Waals surface area contributed by atoms with E-state index in [1.54, 1.807) is 30.5 Å². The van der Waals surface area contributed by atoms with Crippen molar-refractivity contribution < 1.29 is 19.4 Å². The van der Waals surface area contributed by atoms with Crippen LogP contribution in [0.3, 0.4) is 0 Å². The van der Waals surface area contributed by atoms with Crippen molar-refractivity contribution in [2.45, 2.75) is 6.92 Å². The predicted octanol–water partition coefficient (Wildman–Crippen LogP) is 3.02. The summed E-state index contributed by atoms with van der Waals surface area (Å²) in [6.07, 6.45) is 0. The molecule has 0 unspecified atom stereocenters. The van der Waals surface area contributed by atoms with Crippen LogP contribution in [-0.4, -0.2) is 24.1 Å². The van der Waals surface area contributed by atoms with Crippen molar-refractivity contribution in [3.8, 4) is 5.75 Å². The molecule has 0 atom stereocenters. The number of carboxylic acid groups (broad SMARTS) is 1. The molecule has 1 aromatic heterocycles. The number of para-hydroxylation sites is 1. The molecule has 0 aliphatic carbocycles. The summed E-state index contributed by atoms with van der Waals surface area (Å²) in [5.41, 5.74) is 1.08. The average Bonchev–Trinajstić information content (AvgIpc) is 2.89. The van der Waals surface area contributed by atoms with Gasteiger partial charge in [0.1, 0.15) is 5.75 Å². The highest BCUT2D eigenvalue weighted by Crippen LogP contribution is 2.25. The number of anilines is 1. The number of carbonyl (C=O) groups excluding carboxylic acids is 1. The van der Waals surface area contributed by atoms with Crippen LogP contribution in [0, 0.1) is 6.92 Å². The largest absolute Gasteiger partial charge is 0.496 e. The maximum absolute atomic E-state index is 12.1. The number of nitrogens with one attached hydrogen (secondary N) is 1. The zero-order valence-corrected chi connectivity index (χ0v) is 11.8. The third-order valence-corrected chi connectivity index (χ3v) is 3.68. The highest BCUT2D eigenvalue weighted by atomic mass is 32.1. The van der Waals surface area contributed by atoms with Gasteiger partial charge in [0, 0.05) is 11.4 Å². The monoisotopic (exact) mass is 291 g/mol. The molecule has 0 saturated heterocycles. The second-order valence-electron chi connectivity index (χ2n) is 4.11. The van der Waals surface area contributed by atoms with Gasteiger partial charge in [-0.3, -0.25) is 4.79 Å². The molecule has 0 aliphatic heterocycles. The van der Waals surface area contributed by atoms with Gasteiger partial charge in [-0.1, -0.05) is 12.1 Å². The second kappa shape index (κ2) is 5.75. The molecule has 2 rings (SSSR count). The van der Waals surface area contributed by atoms with Crippen molar-refractivity contribution in [1.29, 1.82) is 0 Å². The first-order valence-corrected chi connectivity index (χ1v) is 6.67. The molecule has 20 heavy (non-hydrogen) atoms. The van der Waals surface area contributed by atoms with Crippen LogP contribution in [0.4, 0.5) is 5.69 Å². The van der Waals surface area contributed by atoms with E-state index < -0.39 is 5.97 Å². The molecular weight excluding hydrogens is 278 g/mol. The molecule has 2 aromatic rings. The van der Waals surface area contributed by atoms with Gasteiger partial charge in [0.15, 0.2) is 0 Å². The molecule has 104 valence electrons. The van der Waals surface area contributed by atoms with Crippen molar-refractivity contribution in [3.05, 3.63) is 45.6 Å². The lowest BCUT2D eigenvalue weighted by molar-refractivity contribution is 0.0698. The molecule has 5 nitrogen and oxygen atoms in total. The number of ether oxygens (including phenoxy) is 1. The van der Waals surface area contributed by atoms with E-state index >= 15 is 0 Å². The van der Waals surface area contributed by atoms with Gasteiger partial charge in [-0.05, 0) is 18.6 Å². The van der Waals surface area contributed by atoms with Gasteiger partial charge in [-0.15, -0.1) is 11.3 Å². The van der Waals surface area contributed by atoms with Crippen molar-refractivity contribution in [1.82, 2.24) is 0 Å². The van der Waals surface area contributed by atoms with E-state index in [-0.39, 0.29) is 11.5 Å². The van der Waals surface area contributed by atoms with E-state index in [0.29, 0.717) is 21.9 Å². The van der Waals surface area contributed by atoms with Gasteiger partial charge in [0.25, 0.3) is 5.91 Å². The van der Waals surface area contributed by atoms with E-state index in [4.69, 9.17) is 9.84 Å². The van der Waals surface area contributed by atoms with Crippen LogP contribution in [0.5, 0.6) is 5.75 Å². The highest BCUT2D eigenvalue weighted by molar-refractivity contribution is 7.12. The second-order valence-corrected chi connectivity index (χ2v) is 5.02. The molecule has 0 fully saturated rings. The van der Waals surface area contributed by atoms with Gasteiger partial charge < -0.3 is 15.2 Å². The van der Waals surface area contributed by atoms with Gasteiger partial charge in [-0.2, -0.15) is 0 Å². The number of hydrogen-bond acceptors (Lipinski definition) is 4. The van der Waals surface area contributed by atoms with Crippen LogP contribution >= 0.6 is 11.3 Å². The molecule has 0 aliphatic rings. The molecular formula is C14H13NO4S. The fourth-order valence-corrected chi connectivity index (χ4v) is 2.48. The lowest BCUT2D eigenvalue weighted by Gasteiger charge is -2.10. The average molecular weight is 291 g/mol. The van der Waals surface area contributed by atoms with Gasteiger partial charge in [0.2, 0.25) is 0 Å². The number of hydrogen-bond donors (Lipinski definition) is 2. The zero-order valence-electron chi connectivity index (χ0n) is 11.0. The molecule has 1 amide bonds. The number of carbonyl (C=O) groups is 2. The molecule has 1 heterocycles. The van der Waals surface area contributed by atoms with E-state index in [1.165, 1.54) is 24.5 Å². The van der Waals surface area contributed by atoms with Crippen LogP contribution in [0.15, 0.2) is 29.6 Å². The quantitative estimate of drug-likeness (QED) is 0.908. The van der Waals surface area contributed by atoms with Gasteiger partial charge >= 0.3 is 5.97 Å². The fraction of sp³-hybridized carbons (Fsp3) is 0.143. The number of benzene rings is 1. The number of rotatable bonds is 4. The van der Waals surface area contributed by atoms with Crippen LogP contribution in [0.1, 0.15) is 25.6 Å². The Morgan fingerprint density at radius 2 is 2.10 bits per heavy atom. The number of carboxylic acids is 1. The highest BCUT2D eigenvalue weighted by Gasteiger charge is 2.16. The summed E-state index contributed by atoms with van der Waals surface area (Å²) < 4.78 is 5.02. The Labute approximate surface area is 119 Å². The molecule has 0 bridgehead atoms. The van der Waals surface area contributed by atoms with E-state index in [2.05, 4.69) is 5.32 Å². The van der Waals surface area contributed by atoms with Crippen LogP contribution < -0.4 is 10.1 Å². The molecule has 0 saturated carbocycles. The standard InChI is InChI=1S/C14H13NO4S/c1-8-4-3-5-10(14(17)18)12(8)15-13(16)11-6-9(19-2)7-20-11/h3-7H,1-2H3,(H,15,16)(H,17,18). The topological polar surface area (TPSA) is 75.6 Å². The smallest absolute Gasteiger partial charge is 0.337 e. The van der Waals surface area contributed by atoms with Crippen molar-refractivity contribution in [2.75, 3.05) is 12.4 Å². The minimum Gasteiger partial charge on any atom is -0.496 e. The van der Waals surface area contributed by atoms with Crippen LogP contribution in [0.25, 0.3) is 0 Å². The van der Waals surface area contributed by atoms with Gasteiger partial charge in [-0.25, -0.2) is 4.79 Å². The minimum atomic E-state index is -1.08. The Hall–Kier alpha value is -2.34. The Kier molecular flexibility index (Phi) is 4.05. The predicted molar refractivity (Wildman–Crippen MR) is 77.0 cm³/mol. The summed E-state index contributed by atoms with van der Waals surface area (Å²) in [6.45, 7) is 1.75. The number of methoxy groups -OCH3 is 1. The van der Waals surface area contributed by atoms with Crippen molar-refractivity contribution >= 4 is 28.9 Å². The van der Waals surface area contributed by atoms with E-state index in [9.17, 15) is 9.59 Å². The molecule has 6 heteroatoms. The van der Waals surface area contributed by atoms with Gasteiger partial charge in [0.05, 0.1) is 23.2 Å². The summed E-state index contributed by atoms with van der Waals surface area (Å²) in [5.74, 6) is -0.828. The maximum atomic E-state index is 12.1. The Balaban J connectivity index is 2.30. The Bertz CT molecular complexity index is 663. The SMILES string of the molecule is COc1csc(C(=O)Nc2c(C)cccc2C(=O)O)c1. The Morgan fingerprint density at radius 1 is 1.35 bits per heavy atom. The lowest BCUT2D eigenvalue weighted by Crippen LogP contribution is -2.14. The first-order valence-electron chi connectivity index (χ1n) is 5.79. The number of thiophene rings is 1. The first-order chi connectivity index (χ1) is 9.52. The summed E-state index contributed by atoms with van der Waals surface area (Å²) in [5, 5.41) is 13.5. The lowest BCUT2D eigenvalue weighted by atomic mass is 10.1. The summed E-state index contributed by atoms with van der Waals surface area (Å²) in [7, 11) is 1.52. The first kappa shape index (κ1) is 14.1. The summed E-state index contributed by atoms with van der Waals surface area (Å²) in [6, 6.07) is 6.46. The fourth-order valence-electron chi connectivity index (χ4n) is 1.73. The third-order valence-electron chi connectivity index (χ3n) is 2.78. The minimum absolute atomic E-state index is 0.0712. The summed E-state index contributed by atoms with van der Waals surface area (Å²) >= 11 is 1.24. The van der Waals surface area contributed by atoms with E-state index in [0.717, 1.165) is 0 Å². The van der Waals surface area contributed by atoms with Crippen molar-refractivity contribution in [2.24, 2.45) is 0 Å². The molecule has 2 N–H and O–H groups in total. The van der Waals surface area contributed by atoms with Crippen LogP contribution in [-0.2, 0) is 0 Å². The van der Waals surface area contributed by atoms with Crippen molar-refractivity contribution in [3.63, 3.8) is 0 Å². The summed E-state index contributed by atoms with van der Waals surface area (Å²) in [4.78, 5) is 23.8. The normalized spacial score (nSPS) is 10.1.